The van der Waals surface area contributed by atoms with Gasteiger partial charge in [-0.05, 0) is 36.6 Å². The van der Waals surface area contributed by atoms with E-state index < -0.39 is 0 Å². The van der Waals surface area contributed by atoms with Crippen LogP contribution in [0, 0.1) is 0 Å². The summed E-state index contributed by atoms with van der Waals surface area (Å²) in [5, 5.41) is 4.21. The highest BCUT2D eigenvalue weighted by atomic mass is 16.5. The Morgan fingerprint density at radius 2 is 1.93 bits per heavy atom. The van der Waals surface area contributed by atoms with Crippen LogP contribution in [0.3, 0.4) is 0 Å². The highest BCUT2D eigenvalue weighted by Gasteiger charge is 2.31. The van der Waals surface area contributed by atoms with Crippen molar-refractivity contribution >= 4 is 11.8 Å². The largest absolute Gasteiger partial charge is 0.368 e. The average molecular weight is 368 g/mol. The fourth-order valence-electron chi connectivity index (χ4n) is 3.67. The number of piperazine rings is 1. The second kappa shape index (κ2) is 7.92. The number of rotatable bonds is 4. The minimum absolute atomic E-state index is 0.0153. The van der Waals surface area contributed by atoms with Crippen LogP contribution in [0.25, 0.3) is 0 Å². The summed E-state index contributed by atoms with van der Waals surface area (Å²) in [5.41, 5.74) is 1.72. The molecule has 0 aliphatic carbocycles. The predicted octanol–water partition coefficient (Wildman–Crippen LogP) is 1.39. The van der Waals surface area contributed by atoms with Gasteiger partial charge in [-0.25, -0.2) is 0 Å². The second-order valence-electron chi connectivity index (χ2n) is 7.02. The van der Waals surface area contributed by atoms with E-state index in [1.165, 1.54) is 0 Å². The zero-order valence-electron chi connectivity index (χ0n) is 15.3. The molecule has 0 saturated carbocycles. The van der Waals surface area contributed by atoms with Crippen molar-refractivity contribution < 1.29 is 14.3 Å². The molecular weight excluding hydrogens is 344 g/mol. The lowest BCUT2D eigenvalue weighted by Crippen LogP contribution is -2.52. The van der Waals surface area contributed by atoms with E-state index in [9.17, 15) is 9.59 Å². The number of amides is 2. The third-order valence-electron chi connectivity index (χ3n) is 5.16. The minimum atomic E-state index is -0.286. The fraction of sp³-hybridized carbons (Fsp3) is 0.450. The van der Waals surface area contributed by atoms with Gasteiger partial charge in [-0.15, -0.1) is 0 Å². The van der Waals surface area contributed by atoms with E-state index in [0.29, 0.717) is 44.9 Å². The van der Waals surface area contributed by atoms with E-state index in [4.69, 9.17) is 4.74 Å². The Morgan fingerprint density at radius 3 is 2.63 bits per heavy atom. The lowest BCUT2D eigenvalue weighted by molar-refractivity contribution is -0.142. The zero-order valence-corrected chi connectivity index (χ0v) is 15.3. The normalized spacial score (nSPS) is 20.1. The van der Waals surface area contributed by atoms with Crippen molar-refractivity contribution in [2.45, 2.75) is 25.5 Å². The summed E-state index contributed by atoms with van der Waals surface area (Å²) in [6.07, 6.45) is 5.11. The highest BCUT2D eigenvalue weighted by molar-refractivity contribution is 5.94. The van der Waals surface area contributed by atoms with Gasteiger partial charge in [0, 0.05) is 50.7 Å². The Hall–Kier alpha value is -2.67. The van der Waals surface area contributed by atoms with E-state index in [-0.39, 0.29) is 17.9 Å². The zero-order chi connectivity index (χ0) is 18.6. The molecule has 7 nitrogen and oxygen atoms in total. The summed E-state index contributed by atoms with van der Waals surface area (Å²) in [4.78, 5) is 28.9. The highest BCUT2D eigenvalue weighted by Crippen LogP contribution is 2.17. The molecule has 1 aromatic heterocycles. The molecule has 2 aliphatic rings. The van der Waals surface area contributed by atoms with Crippen LogP contribution in [0.4, 0.5) is 0 Å². The van der Waals surface area contributed by atoms with Crippen molar-refractivity contribution in [3.8, 4) is 0 Å². The third kappa shape index (κ3) is 4.03. The first kappa shape index (κ1) is 17.7. The molecule has 4 rings (SSSR count). The number of carbonyl (C=O) groups excluding carboxylic acids is 2. The van der Waals surface area contributed by atoms with Crippen LogP contribution in [0.5, 0.6) is 0 Å². The lowest BCUT2D eigenvalue weighted by Gasteiger charge is -2.35. The van der Waals surface area contributed by atoms with E-state index in [0.717, 1.165) is 18.4 Å². The minimum Gasteiger partial charge on any atom is -0.368 e. The molecule has 0 spiro atoms. The van der Waals surface area contributed by atoms with Gasteiger partial charge in [0.15, 0.2) is 0 Å². The summed E-state index contributed by atoms with van der Waals surface area (Å²) >= 11 is 0. The Balaban J connectivity index is 1.35. The fourth-order valence-corrected chi connectivity index (χ4v) is 3.67. The van der Waals surface area contributed by atoms with Crippen molar-refractivity contribution in [1.29, 1.82) is 0 Å². The summed E-state index contributed by atoms with van der Waals surface area (Å²) in [6, 6.07) is 9.55. The first-order valence-corrected chi connectivity index (χ1v) is 9.47. The second-order valence-corrected chi connectivity index (χ2v) is 7.02. The van der Waals surface area contributed by atoms with Gasteiger partial charge in [0.25, 0.3) is 11.8 Å². The number of hydrogen-bond acceptors (Lipinski definition) is 4. The van der Waals surface area contributed by atoms with Crippen molar-refractivity contribution in [2.24, 2.45) is 0 Å². The Morgan fingerprint density at radius 1 is 1.11 bits per heavy atom. The van der Waals surface area contributed by atoms with Crippen LogP contribution < -0.4 is 0 Å². The first-order valence-electron chi connectivity index (χ1n) is 9.47. The molecule has 2 amide bonds. The molecule has 7 heteroatoms. The molecule has 27 heavy (non-hydrogen) atoms. The number of carbonyl (C=O) groups is 2. The molecule has 1 atom stereocenters. The standard InChI is InChI=1S/C20H24N4O3/c25-19(17-5-1-4-16(14-17)15-24-8-3-7-21-24)22-9-11-23(12-10-22)20(26)18-6-2-13-27-18/h1,3-5,7-8,14,18H,2,6,9-13,15H2. The van der Waals surface area contributed by atoms with Crippen LogP contribution in [0.15, 0.2) is 42.7 Å². The summed E-state index contributed by atoms with van der Waals surface area (Å²) in [7, 11) is 0. The molecule has 1 aromatic carbocycles. The molecule has 1 unspecified atom stereocenters. The topological polar surface area (TPSA) is 67.7 Å². The van der Waals surface area contributed by atoms with Gasteiger partial charge in [0.2, 0.25) is 0 Å². The van der Waals surface area contributed by atoms with Gasteiger partial charge in [-0.2, -0.15) is 5.10 Å². The number of hydrogen-bond donors (Lipinski definition) is 0. The van der Waals surface area contributed by atoms with Crippen LogP contribution in [-0.4, -0.2) is 70.3 Å². The molecular formula is C20H24N4O3. The molecule has 2 fully saturated rings. The van der Waals surface area contributed by atoms with E-state index >= 15 is 0 Å². The summed E-state index contributed by atoms with van der Waals surface area (Å²) in [6.45, 7) is 3.55. The van der Waals surface area contributed by atoms with Crippen molar-refractivity contribution in [1.82, 2.24) is 19.6 Å². The molecule has 0 bridgehead atoms. The van der Waals surface area contributed by atoms with Gasteiger partial charge in [-0.1, -0.05) is 12.1 Å². The predicted molar refractivity (Wildman–Crippen MR) is 99.2 cm³/mol. The molecule has 2 saturated heterocycles. The van der Waals surface area contributed by atoms with Gasteiger partial charge in [0.1, 0.15) is 6.10 Å². The molecule has 2 aliphatic heterocycles. The molecule has 142 valence electrons. The van der Waals surface area contributed by atoms with Crippen LogP contribution in [0.2, 0.25) is 0 Å². The van der Waals surface area contributed by atoms with Gasteiger partial charge in [-0.3, -0.25) is 14.3 Å². The van der Waals surface area contributed by atoms with Gasteiger partial charge in [0.05, 0.1) is 6.54 Å². The third-order valence-corrected chi connectivity index (χ3v) is 5.16. The number of nitrogens with zero attached hydrogens (tertiary/aromatic N) is 4. The SMILES string of the molecule is O=C(c1cccc(Cn2cccn2)c1)N1CCN(C(=O)C2CCCO2)CC1. The maximum atomic E-state index is 12.9. The Bertz CT molecular complexity index is 791. The quantitative estimate of drug-likeness (QED) is 0.818. The van der Waals surface area contributed by atoms with E-state index in [1.54, 1.807) is 6.20 Å². The van der Waals surface area contributed by atoms with Crippen LogP contribution >= 0.6 is 0 Å². The Labute approximate surface area is 158 Å². The maximum absolute atomic E-state index is 12.9. The van der Waals surface area contributed by atoms with Gasteiger partial charge < -0.3 is 14.5 Å². The molecule has 3 heterocycles. The average Bonchev–Trinajstić information content (AvgIpc) is 3.41. The summed E-state index contributed by atoms with van der Waals surface area (Å²) < 4.78 is 7.32. The molecule has 0 radical (unpaired) electrons. The van der Waals surface area contributed by atoms with Gasteiger partial charge >= 0.3 is 0 Å². The van der Waals surface area contributed by atoms with E-state index in [2.05, 4.69) is 5.10 Å². The lowest BCUT2D eigenvalue weighted by atomic mass is 10.1. The van der Waals surface area contributed by atoms with Crippen molar-refractivity contribution in [3.63, 3.8) is 0 Å². The first-order chi connectivity index (χ1) is 13.2. The number of benzene rings is 1. The summed E-state index contributed by atoms with van der Waals surface area (Å²) in [5.74, 6) is 0.0855. The van der Waals surface area contributed by atoms with E-state index in [1.807, 2.05) is 51.0 Å². The molecule has 2 aromatic rings. The smallest absolute Gasteiger partial charge is 0.253 e. The van der Waals surface area contributed by atoms with Crippen molar-refractivity contribution in [3.05, 3.63) is 53.9 Å². The van der Waals surface area contributed by atoms with Crippen molar-refractivity contribution in [2.75, 3.05) is 32.8 Å². The van der Waals surface area contributed by atoms with Crippen LogP contribution in [-0.2, 0) is 16.1 Å². The maximum Gasteiger partial charge on any atom is 0.253 e. The van der Waals surface area contributed by atoms with Crippen LogP contribution in [0.1, 0.15) is 28.8 Å². The number of aromatic nitrogens is 2. The Kier molecular flexibility index (Phi) is 5.20. The molecule has 0 N–H and O–H groups in total. The number of ether oxygens (including phenoxy) is 1. The monoisotopic (exact) mass is 368 g/mol.